The van der Waals surface area contributed by atoms with E-state index in [0.29, 0.717) is 13.2 Å². The molecule has 32 heavy (non-hydrogen) atoms. The predicted octanol–water partition coefficient (Wildman–Crippen LogP) is 3.82. The van der Waals surface area contributed by atoms with E-state index in [1.165, 1.54) is 12.4 Å². The molecule has 0 saturated carbocycles. The van der Waals surface area contributed by atoms with Gasteiger partial charge in [-0.2, -0.15) is 5.10 Å². The monoisotopic (exact) mass is 425 g/mol. The van der Waals surface area contributed by atoms with Crippen LogP contribution < -0.4 is 10.1 Å². The van der Waals surface area contributed by atoms with Crippen molar-refractivity contribution in [3.63, 3.8) is 0 Å². The Labute approximate surface area is 186 Å². The van der Waals surface area contributed by atoms with Crippen LogP contribution in [-0.4, -0.2) is 25.7 Å². The van der Waals surface area contributed by atoms with Crippen LogP contribution in [0.15, 0.2) is 97.9 Å². The van der Waals surface area contributed by atoms with Crippen molar-refractivity contribution >= 4 is 12.0 Å². The highest BCUT2D eigenvalue weighted by Crippen LogP contribution is 2.16. The molecule has 160 valence electrons. The van der Waals surface area contributed by atoms with Crippen LogP contribution in [0.5, 0.6) is 5.75 Å². The van der Waals surface area contributed by atoms with Gasteiger partial charge in [0.05, 0.1) is 12.6 Å². The normalized spacial score (nSPS) is 11.9. The molecule has 1 N–H and O–H groups in total. The van der Waals surface area contributed by atoms with Crippen molar-refractivity contribution in [2.24, 2.45) is 0 Å². The molecule has 0 radical (unpaired) electrons. The number of ether oxygens (including phenoxy) is 1. The summed E-state index contributed by atoms with van der Waals surface area (Å²) < 4.78 is 7.47. The van der Waals surface area contributed by atoms with Gasteiger partial charge in [-0.05, 0) is 35.4 Å². The number of hydrogen-bond acceptors (Lipinski definition) is 5. The lowest BCUT2D eigenvalue weighted by Crippen LogP contribution is -2.30. The minimum Gasteiger partial charge on any atom is -0.489 e. The summed E-state index contributed by atoms with van der Waals surface area (Å²) in [4.78, 5) is 20.6. The van der Waals surface area contributed by atoms with E-state index in [4.69, 9.17) is 4.74 Å². The molecule has 2 aromatic heterocycles. The number of benzene rings is 2. The highest BCUT2D eigenvalue weighted by atomic mass is 16.5. The van der Waals surface area contributed by atoms with Gasteiger partial charge in [0, 0.05) is 24.0 Å². The topological polar surface area (TPSA) is 81.9 Å². The highest BCUT2D eigenvalue weighted by Gasteiger charge is 2.14. The molecule has 1 amide bonds. The fraction of sp³-hybridized carbons (Fsp3) is 0.120. The second-order valence-electron chi connectivity index (χ2n) is 7.14. The van der Waals surface area contributed by atoms with Crippen molar-refractivity contribution in [1.82, 2.24) is 25.1 Å². The number of carbonyl (C=O) groups is 1. The number of hydrogen-bond donors (Lipinski definition) is 1. The maximum atomic E-state index is 12.6. The molecule has 2 heterocycles. The molecule has 0 bridgehead atoms. The highest BCUT2D eigenvalue weighted by molar-refractivity contribution is 5.92. The standard InChI is InChI=1S/C25H23N5O2/c31-25(29-24(16-30-19-27-18-28-30)22-6-2-1-3-7-22)13-10-20-8-11-23(12-9-20)32-17-21-5-4-14-26-15-21/h1-15,18-19,24H,16-17H2,(H,29,31)/b13-10+. The van der Waals surface area contributed by atoms with E-state index >= 15 is 0 Å². The van der Waals surface area contributed by atoms with Crippen molar-refractivity contribution in [1.29, 1.82) is 0 Å². The summed E-state index contributed by atoms with van der Waals surface area (Å²) in [6.07, 6.45) is 9.93. The largest absolute Gasteiger partial charge is 0.489 e. The Kier molecular flexibility index (Phi) is 7.00. The van der Waals surface area contributed by atoms with Gasteiger partial charge in [-0.3, -0.25) is 14.5 Å². The summed E-state index contributed by atoms with van der Waals surface area (Å²) in [7, 11) is 0. The van der Waals surface area contributed by atoms with Crippen molar-refractivity contribution in [3.05, 3.63) is 115 Å². The van der Waals surface area contributed by atoms with E-state index < -0.39 is 0 Å². The first-order valence-corrected chi connectivity index (χ1v) is 10.2. The van der Waals surface area contributed by atoms with Gasteiger partial charge in [-0.15, -0.1) is 0 Å². The second-order valence-corrected chi connectivity index (χ2v) is 7.14. The molecule has 7 heteroatoms. The molecular formula is C25H23N5O2. The van der Waals surface area contributed by atoms with Crippen LogP contribution in [0, 0.1) is 0 Å². The summed E-state index contributed by atoms with van der Waals surface area (Å²) in [6.45, 7) is 0.949. The number of nitrogens with one attached hydrogen (secondary N) is 1. The third kappa shape index (κ3) is 6.12. The molecule has 0 fully saturated rings. The van der Waals surface area contributed by atoms with Gasteiger partial charge < -0.3 is 10.1 Å². The predicted molar refractivity (Wildman–Crippen MR) is 121 cm³/mol. The third-order valence-corrected chi connectivity index (χ3v) is 4.79. The van der Waals surface area contributed by atoms with Gasteiger partial charge in [-0.25, -0.2) is 4.98 Å². The maximum absolute atomic E-state index is 12.6. The minimum atomic E-state index is -0.224. The molecule has 1 atom stereocenters. The van der Waals surface area contributed by atoms with Gasteiger partial charge in [-0.1, -0.05) is 48.5 Å². The molecule has 1 unspecified atom stereocenters. The fourth-order valence-electron chi connectivity index (χ4n) is 3.15. The Morgan fingerprint density at radius 2 is 1.88 bits per heavy atom. The third-order valence-electron chi connectivity index (χ3n) is 4.79. The number of aromatic nitrogens is 4. The summed E-state index contributed by atoms with van der Waals surface area (Å²) >= 11 is 0. The minimum absolute atomic E-state index is 0.184. The van der Waals surface area contributed by atoms with Gasteiger partial charge in [0.25, 0.3) is 0 Å². The first kappa shape index (κ1) is 21.0. The fourth-order valence-corrected chi connectivity index (χ4v) is 3.15. The second kappa shape index (κ2) is 10.7. The number of nitrogens with zero attached hydrogens (tertiary/aromatic N) is 4. The SMILES string of the molecule is O=C(/C=C/c1ccc(OCc2cccnc2)cc1)NC(Cn1cncn1)c1ccccc1. The first-order valence-electron chi connectivity index (χ1n) is 10.2. The lowest BCUT2D eigenvalue weighted by atomic mass is 10.1. The average molecular weight is 425 g/mol. The molecule has 0 aliphatic heterocycles. The van der Waals surface area contributed by atoms with Crippen LogP contribution in [0.2, 0.25) is 0 Å². The summed E-state index contributed by atoms with van der Waals surface area (Å²) in [6, 6.07) is 21.0. The molecule has 0 aliphatic carbocycles. The van der Waals surface area contributed by atoms with Crippen LogP contribution in [0.1, 0.15) is 22.7 Å². The van der Waals surface area contributed by atoms with Gasteiger partial charge in [0.1, 0.15) is 25.0 Å². The molecule has 2 aromatic carbocycles. The smallest absolute Gasteiger partial charge is 0.244 e. The van der Waals surface area contributed by atoms with E-state index in [9.17, 15) is 4.79 Å². The van der Waals surface area contributed by atoms with Gasteiger partial charge in [0.2, 0.25) is 5.91 Å². The van der Waals surface area contributed by atoms with Crippen molar-refractivity contribution < 1.29 is 9.53 Å². The summed E-state index contributed by atoms with van der Waals surface area (Å²) in [5.74, 6) is 0.573. The Morgan fingerprint density at radius 1 is 1.03 bits per heavy atom. The van der Waals surface area contributed by atoms with Crippen LogP contribution in [0.25, 0.3) is 6.08 Å². The van der Waals surface area contributed by atoms with Gasteiger partial charge in [0.15, 0.2) is 0 Å². The summed E-state index contributed by atoms with van der Waals surface area (Å²) in [5, 5.41) is 7.19. The van der Waals surface area contributed by atoms with E-state index in [-0.39, 0.29) is 11.9 Å². The van der Waals surface area contributed by atoms with Crippen molar-refractivity contribution in [3.8, 4) is 5.75 Å². The molecule has 4 aromatic rings. The average Bonchev–Trinajstić information content (AvgIpc) is 3.36. The molecule has 0 saturated heterocycles. The Balaban J connectivity index is 1.35. The van der Waals surface area contributed by atoms with E-state index in [1.807, 2.05) is 66.7 Å². The lowest BCUT2D eigenvalue weighted by molar-refractivity contribution is -0.117. The molecule has 0 aliphatic rings. The van der Waals surface area contributed by atoms with Crippen LogP contribution in [0.4, 0.5) is 0 Å². The van der Waals surface area contributed by atoms with E-state index in [2.05, 4.69) is 20.4 Å². The zero-order chi connectivity index (χ0) is 22.0. The number of carbonyl (C=O) groups excluding carboxylic acids is 1. The molecule has 0 spiro atoms. The molecule has 7 nitrogen and oxygen atoms in total. The zero-order valence-electron chi connectivity index (χ0n) is 17.4. The molecular weight excluding hydrogens is 402 g/mol. The number of rotatable bonds is 9. The van der Waals surface area contributed by atoms with E-state index in [1.54, 1.807) is 29.5 Å². The Bertz CT molecular complexity index is 1130. The van der Waals surface area contributed by atoms with Crippen LogP contribution >= 0.6 is 0 Å². The molecule has 4 rings (SSSR count). The van der Waals surface area contributed by atoms with Crippen molar-refractivity contribution in [2.75, 3.05) is 0 Å². The quantitative estimate of drug-likeness (QED) is 0.412. The van der Waals surface area contributed by atoms with Crippen LogP contribution in [-0.2, 0) is 17.9 Å². The first-order chi connectivity index (χ1) is 15.8. The Hall–Kier alpha value is -4.26. The zero-order valence-corrected chi connectivity index (χ0v) is 17.4. The number of amides is 1. The Morgan fingerprint density at radius 3 is 2.59 bits per heavy atom. The maximum Gasteiger partial charge on any atom is 0.244 e. The number of pyridine rings is 1. The van der Waals surface area contributed by atoms with E-state index in [0.717, 1.165) is 22.4 Å². The van der Waals surface area contributed by atoms with Gasteiger partial charge >= 0.3 is 0 Å². The van der Waals surface area contributed by atoms with Crippen LogP contribution in [0.3, 0.4) is 0 Å². The lowest BCUT2D eigenvalue weighted by Gasteiger charge is -2.18. The van der Waals surface area contributed by atoms with Crippen molar-refractivity contribution in [2.45, 2.75) is 19.2 Å². The summed E-state index contributed by atoms with van der Waals surface area (Å²) in [5.41, 5.74) is 2.91.